The van der Waals surface area contributed by atoms with Crippen molar-refractivity contribution in [3.05, 3.63) is 29.9 Å². The number of carbonyl (C=O) groups excluding carboxylic acids is 1. The second kappa shape index (κ2) is 6.29. The van der Waals surface area contributed by atoms with Gasteiger partial charge in [0, 0.05) is 25.5 Å². The summed E-state index contributed by atoms with van der Waals surface area (Å²) in [5.41, 5.74) is 0.839. The molecule has 0 radical (unpaired) electrons. The number of hydrogen-bond acceptors (Lipinski definition) is 5. The van der Waals surface area contributed by atoms with Crippen molar-refractivity contribution in [1.82, 2.24) is 30.0 Å². The van der Waals surface area contributed by atoms with E-state index in [1.54, 1.807) is 19.6 Å². The fourth-order valence-corrected chi connectivity index (χ4v) is 1.82. The Morgan fingerprint density at radius 1 is 1.60 bits per heavy atom. The Balaban J connectivity index is 2.02. The normalized spacial score (nSPS) is 12.3. The van der Waals surface area contributed by atoms with Crippen molar-refractivity contribution in [3.8, 4) is 0 Å². The van der Waals surface area contributed by atoms with Crippen LogP contribution in [0.15, 0.2) is 12.5 Å². The van der Waals surface area contributed by atoms with Gasteiger partial charge >= 0.3 is 0 Å². The summed E-state index contributed by atoms with van der Waals surface area (Å²) in [6, 6.07) is -0.271. The van der Waals surface area contributed by atoms with Gasteiger partial charge in [0.15, 0.2) is 11.6 Å². The van der Waals surface area contributed by atoms with Gasteiger partial charge in [0.05, 0.1) is 12.6 Å². The maximum atomic E-state index is 12.0. The van der Waals surface area contributed by atoms with Crippen LogP contribution in [0.25, 0.3) is 0 Å². The molecule has 2 aromatic rings. The minimum Gasteiger partial charge on any atom is -0.383 e. The minimum absolute atomic E-state index is 0.271. The number of H-pyrrole nitrogens is 1. The lowest BCUT2D eigenvalue weighted by Gasteiger charge is -2.13. The standard InChI is InChI=1S/C12H18N6O2/c1-8-6-13-10(15-8)12(19)16-9(2)11-17-14-7-18(11)4-5-20-3/h6-7,9H,4-5H2,1-3H3,(H,13,15)(H,16,19)/t9-/m0/s1. The number of ether oxygens (including phenoxy) is 1. The average Bonchev–Trinajstić information content (AvgIpc) is 3.04. The van der Waals surface area contributed by atoms with Crippen LogP contribution in [0.4, 0.5) is 0 Å². The Morgan fingerprint density at radius 3 is 3.05 bits per heavy atom. The summed E-state index contributed by atoms with van der Waals surface area (Å²) in [5, 5.41) is 10.7. The number of nitrogens with one attached hydrogen (secondary N) is 2. The summed E-state index contributed by atoms with van der Waals surface area (Å²) in [4.78, 5) is 18.9. The molecule has 0 aliphatic heterocycles. The first-order valence-electron chi connectivity index (χ1n) is 6.31. The van der Waals surface area contributed by atoms with Crippen molar-refractivity contribution in [2.24, 2.45) is 0 Å². The number of methoxy groups -OCH3 is 1. The van der Waals surface area contributed by atoms with Gasteiger partial charge < -0.3 is 19.6 Å². The van der Waals surface area contributed by atoms with Gasteiger partial charge in [-0.3, -0.25) is 4.79 Å². The fourth-order valence-electron chi connectivity index (χ4n) is 1.82. The molecule has 0 fully saturated rings. The molecule has 0 aromatic carbocycles. The quantitative estimate of drug-likeness (QED) is 0.799. The van der Waals surface area contributed by atoms with Gasteiger partial charge in [0.25, 0.3) is 5.91 Å². The van der Waals surface area contributed by atoms with Crippen molar-refractivity contribution in [3.63, 3.8) is 0 Å². The van der Waals surface area contributed by atoms with E-state index >= 15 is 0 Å². The monoisotopic (exact) mass is 278 g/mol. The number of carbonyl (C=O) groups is 1. The predicted molar refractivity (Wildman–Crippen MR) is 71.1 cm³/mol. The lowest BCUT2D eigenvalue weighted by atomic mass is 10.3. The highest BCUT2D eigenvalue weighted by Crippen LogP contribution is 2.09. The summed E-state index contributed by atoms with van der Waals surface area (Å²) in [7, 11) is 1.63. The van der Waals surface area contributed by atoms with Gasteiger partial charge in [-0.25, -0.2) is 4.98 Å². The zero-order chi connectivity index (χ0) is 14.5. The van der Waals surface area contributed by atoms with Crippen LogP contribution in [0.1, 0.15) is 35.1 Å². The Labute approximate surface area is 116 Å². The number of hydrogen-bond donors (Lipinski definition) is 2. The molecular formula is C12H18N6O2. The van der Waals surface area contributed by atoms with E-state index in [0.717, 1.165) is 5.69 Å². The SMILES string of the molecule is COCCn1cnnc1[C@H](C)NC(=O)c1ncc(C)[nH]1. The van der Waals surface area contributed by atoms with Crippen LogP contribution in [0.2, 0.25) is 0 Å². The van der Waals surface area contributed by atoms with E-state index in [0.29, 0.717) is 19.0 Å². The summed E-state index contributed by atoms with van der Waals surface area (Å²) >= 11 is 0. The summed E-state index contributed by atoms with van der Waals surface area (Å²) in [5.74, 6) is 0.697. The van der Waals surface area contributed by atoms with E-state index in [1.807, 2.05) is 18.4 Å². The van der Waals surface area contributed by atoms with Crippen molar-refractivity contribution < 1.29 is 9.53 Å². The molecule has 108 valence electrons. The molecule has 2 heterocycles. The third-order valence-corrected chi connectivity index (χ3v) is 2.83. The second-order valence-corrected chi connectivity index (χ2v) is 4.49. The summed E-state index contributed by atoms with van der Waals surface area (Å²) < 4.78 is 6.87. The first-order valence-corrected chi connectivity index (χ1v) is 6.31. The second-order valence-electron chi connectivity index (χ2n) is 4.49. The molecule has 0 saturated heterocycles. The molecule has 8 nitrogen and oxygen atoms in total. The summed E-state index contributed by atoms with van der Waals surface area (Å²) in [6.45, 7) is 4.89. The number of rotatable bonds is 6. The Morgan fingerprint density at radius 2 is 2.40 bits per heavy atom. The van der Waals surface area contributed by atoms with Crippen LogP contribution in [-0.4, -0.2) is 44.4 Å². The Bertz CT molecular complexity index is 576. The van der Waals surface area contributed by atoms with E-state index < -0.39 is 0 Å². The molecule has 2 N–H and O–H groups in total. The van der Waals surface area contributed by atoms with Crippen molar-refractivity contribution in [1.29, 1.82) is 0 Å². The number of aromatic nitrogens is 5. The van der Waals surface area contributed by atoms with Crippen LogP contribution >= 0.6 is 0 Å². The fraction of sp³-hybridized carbons (Fsp3) is 0.500. The molecule has 0 spiro atoms. The molecule has 20 heavy (non-hydrogen) atoms. The molecule has 0 aliphatic carbocycles. The van der Waals surface area contributed by atoms with Gasteiger partial charge in [-0.1, -0.05) is 0 Å². The van der Waals surface area contributed by atoms with Crippen molar-refractivity contribution >= 4 is 5.91 Å². The summed E-state index contributed by atoms with van der Waals surface area (Å²) in [6.07, 6.45) is 3.23. The van der Waals surface area contributed by atoms with Crippen molar-refractivity contribution in [2.75, 3.05) is 13.7 Å². The highest BCUT2D eigenvalue weighted by Gasteiger charge is 2.18. The number of imidazole rings is 1. The molecule has 1 atom stereocenters. The minimum atomic E-state index is -0.271. The van der Waals surface area contributed by atoms with Crippen LogP contribution < -0.4 is 5.32 Å². The predicted octanol–water partition coefficient (Wildman–Crippen LogP) is 0.447. The van der Waals surface area contributed by atoms with Crippen molar-refractivity contribution in [2.45, 2.75) is 26.4 Å². The van der Waals surface area contributed by atoms with Crippen LogP contribution in [0.5, 0.6) is 0 Å². The zero-order valence-electron chi connectivity index (χ0n) is 11.8. The average molecular weight is 278 g/mol. The first kappa shape index (κ1) is 14.2. The van der Waals surface area contributed by atoms with Crippen LogP contribution in [0.3, 0.4) is 0 Å². The van der Waals surface area contributed by atoms with E-state index in [1.165, 1.54) is 0 Å². The topological polar surface area (TPSA) is 97.7 Å². The molecule has 0 bridgehead atoms. The number of nitrogens with zero attached hydrogens (tertiary/aromatic N) is 4. The Hall–Kier alpha value is -2.22. The molecule has 0 aliphatic rings. The van der Waals surface area contributed by atoms with Gasteiger partial charge in [-0.05, 0) is 13.8 Å². The molecule has 2 aromatic heterocycles. The maximum absolute atomic E-state index is 12.0. The highest BCUT2D eigenvalue weighted by molar-refractivity contribution is 5.90. The van der Waals surface area contributed by atoms with Gasteiger partial charge in [-0.15, -0.1) is 10.2 Å². The van der Waals surface area contributed by atoms with Crippen LogP contribution in [-0.2, 0) is 11.3 Å². The molecule has 0 unspecified atom stereocenters. The van der Waals surface area contributed by atoms with E-state index in [9.17, 15) is 4.79 Å². The number of amides is 1. The zero-order valence-corrected chi connectivity index (χ0v) is 11.8. The van der Waals surface area contributed by atoms with Gasteiger partial charge in [0.2, 0.25) is 0 Å². The maximum Gasteiger partial charge on any atom is 0.287 e. The van der Waals surface area contributed by atoms with E-state index in [2.05, 4.69) is 25.5 Å². The Kier molecular flexibility index (Phi) is 4.46. The largest absolute Gasteiger partial charge is 0.383 e. The molecule has 8 heteroatoms. The lowest BCUT2D eigenvalue weighted by Crippen LogP contribution is -2.29. The smallest absolute Gasteiger partial charge is 0.287 e. The molecule has 0 saturated carbocycles. The van der Waals surface area contributed by atoms with E-state index in [4.69, 9.17) is 4.74 Å². The highest BCUT2D eigenvalue weighted by atomic mass is 16.5. The third kappa shape index (κ3) is 3.21. The number of aryl methyl sites for hydroxylation is 1. The molecule has 1 amide bonds. The lowest BCUT2D eigenvalue weighted by molar-refractivity contribution is 0.0927. The van der Waals surface area contributed by atoms with Crippen LogP contribution in [0, 0.1) is 6.92 Å². The van der Waals surface area contributed by atoms with E-state index in [-0.39, 0.29) is 17.8 Å². The number of aromatic amines is 1. The van der Waals surface area contributed by atoms with Gasteiger partial charge in [0.1, 0.15) is 6.33 Å². The van der Waals surface area contributed by atoms with Gasteiger partial charge in [-0.2, -0.15) is 0 Å². The molecule has 2 rings (SSSR count). The first-order chi connectivity index (χ1) is 9.61. The molecular weight excluding hydrogens is 260 g/mol. The third-order valence-electron chi connectivity index (χ3n) is 2.83.